The lowest BCUT2D eigenvalue weighted by molar-refractivity contribution is -0.00105. The Hall–Kier alpha value is -3.48. The van der Waals surface area contributed by atoms with Crippen LogP contribution in [-0.2, 0) is 0 Å². The van der Waals surface area contributed by atoms with Gasteiger partial charge in [0.05, 0.1) is 25.1 Å². The molecule has 4 aromatic rings. The molecule has 0 amide bonds. The highest BCUT2D eigenvalue weighted by Crippen LogP contribution is 2.46. The molecule has 180 valence electrons. The molecule has 1 aliphatic heterocycles. The molecule has 1 aromatic carbocycles. The Morgan fingerprint density at radius 3 is 2.68 bits per heavy atom. The van der Waals surface area contributed by atoms with Gasteiger partial charge in [-0.25, -0.2) is 26.8 Å². The minimum absolute atomic E-state index is 0.0868. The molecule has 0 radical (unpaired) electrons. The minimum atomic E-state index is -3.00. The molecule has 5 rings (SSSR count). The lowest BCUT2D eigenvalue weighted by atomic mass is 9.90. The summed E-state index contributed by atoms with van der Waals surface area (Å²) in [4.78, 5) is 5.67. The topological polar surface area (TPSA) is 99.4 Å². The van der Waals surface area contributed by atoms with Gasteiger partial charge >= 0.3 is 0 Å². The number of anilines is 1. The average molecular weight is 478 g/mol. The van der Waals surface area contributed by atoms with E-state index in [0.717, 1.165) is 4.68 Å². The summed E-state index contributed by atoms with van der Waals surface area (Å²) < 4.78 is 64.8. The highest BCUT2D eigenvalue weighted by Gasteiger charge is 2.49. The largest absolute Gasteiger partial charge is 0.479 e. The van der Waals surface area contributed by atoms with Crippen molar-refractivity contribution in [3.8, 4) is 17.0 Å². The van der Waals surface area contributed by atoms with E-state index >= 15 is 8.78 Å². The Morgan fingerprint density at radius 1 is 1.26 bits per heavy atom. The number of fused-ring (bicyclic) bond motifs is 2. The van der Waals surface area contributed by atoms with Crippen molar-refractivity contribution in [1.29, 1.82) is 0 Å². The fraction of sp³-hybridized carbons (Fsp3) is 0.429. The molecule has 0 spiro atoms. The van der Waals surface area contributed by atoms with Gasteiger partial charge in [0.1, 0.15) is 17.1 Å². The molecule has 2 atom stereocenters. The number of halogens is 4. The van der Waals surface area contributed by atoms with Crippen molar-refractivity contribution in [3.63, 3.8) is 0 Å². The van der Waals surface area contributed by atoms with Gasteiger partial charge in [0.2, 0.25) is 11.8 Å². The first-order chi connectivity index (χ1) is 16.1. The van der Waals surface area contributed by atoms with E-state index in [-0.39, 0.29) is 18.4 Å². The van der Waals surface area contributed by atoms with E-state index in [0.29, 0.717) is 33.2 Å². The number of nitrogens with two attached hydrogens (primary N) is 1. The first-order valence-corrected chi connectivity index (χ1v) is 10.5. The molecule has 1 aliphatic rings. The van der Waals surface area contributed by atoms with E-state index in [4.69, 9.17) is 10.5 Å². The van der Waals surface area contributed by atoms with E-state index in [1.165, 1.54) is 24.7 Å². The number of alkyl halides is 4. The van der Waals surface area contributed by atoms with Gasteiger partial charge in [-0.3, -0.25) is 4.90 Å². The quantitative estimate of drug-likeness (QED) is 0.440. The summed E-state index contributed by atoms with van der Waals surface area (Å²) >= 11 is 0. The number of nitrogens with zero attached hydrogens (tertiary/aromatic N) is 7. The van der Waals surface area contributed by atoms with Crippen molar-refractivity contribution < 1.29 is 22.3 Å². The monoisotopic (exact) mass is 478 g/mol. The molecule has 3 aromatic heterocycles. The summed E-state index contributed by atoms with van der Waals surface area (Å²) in [5.74, 6) is -4.12. The van der Waals surface area contributed by atoms with Gasteiger partial charge in [0.15, 0.2) is 0 Å². The minimum Gasteiger partial charge on any atom is -0.479 e. The normalized spacial score (nSPS) is 19.5. The SMILES string of the molecule is COc1nc(N)nn2cc([C@@H]3CN(C)CC3(F)F)c(-c3ccc4nnn([C@H](C)C(F)F)c4c3)c12. The predicted molar refractivity (Wildman–Crippen MR) is 116 cm³/mol. The number of nitrogen functional groups attached to an aromatic ring is 1. The van der Waals surface area contributed by atoms with E-state index in [1.54, 1.807) is 30.1 Å². The number of hydrogen-bond donors (Lipinski definition) is 1. The van der Waals surface area contributed by atoms with E-state index in [2.05, 4.69) is 20.4 Å². The molecule has 9 nitrogen and oxygen atoms in total. The molecular formula is C21H22F4N8O. The van der Waals surface area contributed by atoms with Crippen LogP contribution in [0, 0.1) is 0 Å². The molecule has 1 saturated heterocycles. The van der Waals surface area contributed by atoms with Crippen molar-refractivity contribution in [2.75, 3.05) is 33.0 Å². The maximum absolute atomic E-state index is 15.0. The van der Waals surface area contributed by atoms with Gasteiger partial charge in [-0.1, -0.05) is 11.3 Å². The Bertz CT molecular complexity index is 1380. The third-order valence-electron chi connectivity index (χ3n) is 6.21. The molecule has 0 aliphatic carbocycles. The lowest BCUT2D eigenvalue weighted by Gasteiger charge is -2.19. The second-order valence-corrected chi connectivity index (χ2v) is 8.55. The maximum atomic E-state index is 15.0. The van der Waals surface area contributed by atoms with Crippen LogP contribution in [0.25, 0.3) is 27.7 Å². The number of benzene rings is 1. The van der Waals surface area contributed by atoms with Crippen LogP contribution in [0.3, 0.4) is 0 Å². The third kappa shape index (κ3) is 3.42. The van der Waals surface area contributed by atoms with Crippen LogP contribution in [0.2, 0.25) is 0 Å². The van der Waals surface area contributed by atoms with Crippen LogP contribution < -0.4 is 10.5 Å². The van der Waals surface area contributed by atoms with Crippen LogP contribution in [0.1, 0.15) is 24.4 Å². The zero-order valence-electron chi connectivity index (χ0n) is 18.6. The molecule has 0 bridgehead atoms. The van der Waals surface area contributed by atoms with Gasteiger partial charge in [0.25, 0.3) is 12.3 Å². The number of hydrogen-bond acceptors (Lipinski definition) is 7. The molecular weight excluding hydrogens is 456 g/mol. The van der Waals surface area contributed by atoms with Gasteiger partial charge in [0, 0.05) is 18.3 Å². The molecule has 34 heavy (non-hydrogen) atoms. The number of likely N-dealkylation sites (tertiary alicyclic amines) is 1. The highest BCUT2D eigenvalue weighted by molar-refractivity contribution is 5.92. The van der Waals surface area contributed by atoms with Gasteiger partial charge in [-0.15, -0.1) is 10.2 Å². The van der Waals surface area contributed by atoms with Gasteiger partial charge in [-0.2, -0.15) is 4.98 Å². The number of rotatable bonds is 5. The predicted octanol–water partition coefficient (Wildman–Crippen LogP) is 3.22. The zero-order valence-corrected chi connectivity index (χ0v) is 18.6. The fourth-order valence-corrected chi connectivity index (χ4v) is 4.60. The number of ether oxygens (including phenoxy) is 1. The Balaban J connectivity index is 1.80. The lowest BCUT2D eigenvalue weighted by Crippen LogP contribution is -2.25. The maximum Gasteiger partial charge on any atom is 0.268 e. The van der Waals surface area contributed by atoms with E-state index in [9.17, 15) is 8.78 Å². The molecule has 1 fully saturated rings. The molecule has 13 heteroatoms. The fourth-order valence-electron chi connectivity index (χ4n) is 4.60. The van der Waals surface area contributed by atoms with Crippen molar-refractivity contribution in [2.24, 2.45) is 0 Å². The van der Waals surface area contributed by atoms with Gasteiger partial charge < -0.3 is 10.5 Å². The zero-order chi connectivity index (χ0) is 24.4. The van der Waals surface area contributed by atoms with Crippen molar-refractivity contribution >= 4 is 22.5 Å². The molecule has 4 heterocycles. The van der Waals surface area contributed by atoms with Crippen molar-refractivity contribution in [2.45, 2.75) is 31.2 Å². The Kier molecular flexibility index (Phi) is 5.11. The van der Waals surface area contributed by atoms with Crippen LogP contribution in [0.5, 0.6) is 5.88 Å². The van der Waals surface area contributed by atoms with Crippen LogP contribution in [0.4, 0.5) is 23.5 Å². The summed E-state index contributed by atoms with van der Waals surface area (Å²) in [5, 5.41) is 12.0. The van der Waals surface area contributed by atoms with E-state index < -0.39 is 30.9 Å². The smallest absolute Gasteiger partial charge is 0.268 e. The summed E-state index contributed by atoms with van der Waals surface area (Å²) in [6.45, 7) is 1.06. The van der Waals surface area contributed by atoms with Gasteiger partial charge in [-0.05, 0) is 37.2 Å². The Morgan fingerprint density at radius 2 is 2.03 bits per heavy atom. The van der Waals surface area contributed by atoms with Crippen LogP contribution >= 0.6 is 0 Å². The van der Waals surface area contributed by atoms with Crippen LogP contribution in [-0.4, -0.2) is 74.1 Å². The average Bonchev–Trinajstić information content (AvgIpc) is 3.43. The van der Waals surface area contributed by atoms with Crippen molar-refractivity contribution in [3.05, 3.63) is 30.0 Å². The molecule has 0 unspecified atom stereocenters. The summed E-state index contributed by atoms with van der Waals surface area (Å²) in [6.07, 6.45) is -1.16. The molecule has 0 saturated carbocycles. The first kappa shape index (κ1) is 22.3. The Labute approximate surface area is 191 Å². The number of methoxy groups -OCH3 is 1. The van der Waals surface area contributed by atoms with E-state index in [1.807, 2.05) is 0 Å². The standard InChI is InChI=1S/C21H22F4N8O/c1-10(18(22)23)33-15-6-11(4-5-14(15)28-30-33)16-12(13-8-31(2)9-21(13,24)25)7-32-17(16)19(34-3)27-20(26)29-32/h4-7,10,13,18H,8-9H2,1-3H3,(H2,26,29)/t10-,13+/m1/s1. The summed E-state index contributed by atoms with van der Waals surface area (Å²) in [7, 11) is 3.02. The second kappa shape index (κ2) is 7.79. The first-order valence-electron chi connectivity index (χ1n) is 10.5. The summed E-state index contributed by atoms with van der Waals surface area (Å²) in [5.41, 5.74) is 8.13. The number of likely N-dealkylation sites (N-methyl/N-ethyl adjacent to an activating group) is 1. The van der Waals surface area contributed by atoms with Crippen LogP contribution in [0.15, 0.2) is 24.4 Å². The summed E-state index contributed by atoms with van der Waals surface area (Å²) in [6, 6.07) is 3.68. The highest BCUT2D eigenvalue weighted by atomic mass is 19.3. The third-order valence-corrected chi connectivity index (χ3v) is 6.21. The number of aromatic nitrogens is 6. The molecule has 2 N–H and O–H groups in total. The second-order valence-electron chi connectivity index (χ2n) is 8.55. The van der Waals surface area contributed by atoms with Crippen molar-refractivity contribution in [1.82, 2.24) is 34.5 Å².